The van der Waals surface area contributed by atoms with Crippen LogP contribution in [0.4, 0.5) is 4.39 Å². The van der Waals surface area contributed by atoms with Crippen LogP contribution in [0.5, 0.6) is 0 Å². The minimum Gasteiger partial charge on any atom is -0.352 e. The maximum absolute atomic E-state index is 12.9. The summed E-state index contributed by atoms with van der Waals surface area (Å²) in [5.41, 5.74) is 1.90. The maximum Gasteiger partial charge on any atom is 0.247 e. The molecule has 114 valence electrons. The van der Waals surface area contributed by atoms with Crippen molar-refractivity contribution < 1.29 is 9.18 Å². The smallest absolute Gasteiger partial charge is 0.247 e. The summed E-state index contributed by atoms with van der Waals surface area (Å²) in [6.45, 7) is 2.65. The Morgan fingerprint density at radius 3 is 2.82 bits per heavy atom. The third-order valence-corrected chi connectivity index (χ3v) is 4.31. The largest absolute Gasteiger partial charge is 0.352 e. The van der Waals surface area contributed by atoms with Crippen molar-refractivity contribution in [2.24, 2.45) is 0 Å². The lowest BCUT2D eigenvalue weighted by atomic mass is 10.1. The Morgan fingerprint density at radius 1 is 1.36 bits per heavy atom. The fourth-order valence-corrected chi connectivity index (χ4v) is 3.01. The highest BCUT2D eigenvalue weighted by Crippen LogP contribution is 2.23. The van der Waals surface area contributed by atoms with Gasteiger partial charge in [-0.3, -0.25) is 4.79 Å². The SMILES string of the molecule is Cc1nc(C2NC(=O)C=CN2CCc2ccc(F)cc2)cs1. The second-order valence-electron chi connectivity index (χ2n) is 5.13. The molecule has 1 atom stereocenters. The molecule has 4 nitrogen and oxygen atoms in total. The molecule has 2 heterocycles. The van der Waals surface area contributed by atoms with Gasteiger partial charge in [-0.15, -0.1) is 11.3 Å². The standard InChI is InChI=1S/C16H16FN3OS/c1-11-18-14(10-22-11)16-19-15(21)7-9-20(16)8-6-12-2-4-13(17)5-3-12/h2-5,7,9-10,16H,6,8H2,1H3,(H,19,21). The Balaban J connectivity index is 1.73. The summed E-state index contributed by atoms with van der Waals surface area (Å²) in [5.74, 6) is -0.349. The topological polar surface area (TPSA) is 45.2 Å². The molecule has 22 heavy (non-hydrogen) atoms. The Kier molecular flexibility index (Phi) is 4.20. The van der Waals surface area contributed by atoms with E-state index in [0.29, 0.717) is 6.54 Å². The van der Waals surface area contributed by atoms with Crippen LogP contribution in [0, 0.1) is 12.7 Å². The van der Waals surface area contributed by atoms with Gasteiger partial charge in [-0.05, 0) is 31.0 Å². The molecule has 1 aromatic heterocycles. The van der Waals surface area contributed by atoms with Gasteiger partial charge < -0.3 is 10.2 Å². The van der Waals surface area contributed by atoms with Gasteiger partial charge in [-0.1, -0.05) is 12.1 Å². The van der Waals surface area contributed by atoms with E-state index < -0.39 is 0 Å². The molecule has 1 N–H and O–H groups in total. The van der Waals surface area contributed by atoms with Crippen LogP contribution in [0.1, 0.15) is 22.4 Å². The molecule has 1 aliphatic heterocycles. The molecule has 0 aliphatic carbocycles. The van der Waals surface area contributed by atoms with Crippen molar-refractivity contribution in [3.63, 3.8) is 0 Å². The van der Waals surface area contributed by atoms with E-state index in [4.69, 9.17) is 0 Å². The van der Waals surface area contributed by atoms with Crippen LogP contribution in [0.15, 0.2) is 41.9 Å². The molecular formula is C16H16FN3OS. The fraction of sp³-hybridized carbons (Fsp3) is 0.250. The Morgan fingerprint density at radius 2 is 2.14 bits per heavy atom. The molecule has 3 rings (SSSR count). The van der Waals surface area contributed by atoms with E-state index in [1.165, 1.54) is 18.2 Å². The van der Waals surface area contributed by atoms with Crippen LogP contribution >= 0.6 is 11.3 Å². The van der Waals surface area contributed by atoms with Gasteiger partial charge in [0.15, 0.2) is 0 Å². The van der Waals surface area contributed by atoms with Gasteiger partial charge >= 0.3 is 0 Å². The molecule has 1 unspecified atom stereocenters. The van der Waals surface area contributed by atoms with Crippen LogP contribution in [0.3, 0.4) is 0 Å². The highest BCUT2D eigenvalue weighted by Gasteiger charge is 2.24. The van der Waals surface area contributed by atoms with E-state index in [-0.39, 0.29) is 17.9 Å². The van der Waals surface area contributed by atoms with E-state index in [0.717, 1.165) is 22.7 Å². The molecular weight excluding hydrogens is 301 g/mol. The predicted molar refractivity (Wildman–Crippen MR) is 83.7 cm³/mol. The first-order valence-electron chi connectivity index (χ1n) is 7.03. The van der Waals surface area contributed by atoms with Crippen molar-refractivity contribution in [2.45, 2.75) is 19.5 Å². The summed E-state index contributed by atoms with van der Waals surface area (Å²) >= 11 is 1.56. The van der Waals surface area contributed by atoms with Gasteiger partial charge in [0.25, 0.3) is 0 Å². The number of carbonyl (C=O) groups excluding carboxylic acids is 1. The first-order valence-corrected chi connectivity index (χ1v) is 7.91. The zero-order chi connectivity index (χ0) is 15.5. The van der Waals surface area contributed by atoms with Crippen LogP contribution in [0.2, 0.25) is 0 Å². The number of aromatic nitrogens is 1. The summed E-state index contributed by atoms with van der Waals surface area (Å²) in [6.07, 6.45) is 3.82. The zero-order valence-electron chi connectivity index (χ0n) is 12.1. The fourth-order valence-electron chi connectivity index (χ4n) is 2.38. The number of thiazole rings is 1. The molecule has 0 radical (unpaired) electrons. The van der Waals surface area contributed by atoms with Gasteiger partial charge in [0.05, 0.1) is 10.7 Å². The molecule has 0 spiro atoms. The van der Waals surface area contributed by atoms with E-state index in [9.17, 15) is 9.18 Å². The summed E-state index contributed by atoms with van der Waals surface area (Å²) < 4.78 is 12.9. The van der Waals surface area contributed by atoms with E-state index in [1.807, 2.05) is 17.2 Å². The number of halogens is 1. The average Bonchev–Trinajstić information content (AvgIpc) is 2.94. The van der Waals surface area contributed by atoms with E-state index >= 15 is 0 Å². The molecule has 0 bridgehead atoms. The lowest BCUT2D eigenvalue weighted by Crippen LogP contribution is -2.42. The van der Waals surface area contributed by atoms with Crippen molar-refractivity contribution in [2.75, 3.05) is 6.54 Å². The first kappa shape index (κ1) is 14.7. The quantitative estimate of drug-likeness (QED) is 0.943. The van der Waals surface area contributed by atoms with Crippen LogP contribution in [0.25, 0.3) is 0 Å². The summed E-state index contributed by atoms with van der Waals surface area (Å²) in [7, 11) is 0. The van der Waals surface area contributed by atoms with Crippen molar-refractivity contribution in [3.8, 4) is 0 Å². The van der Waals surface area contributed by atoms with Crippen LogP contribution < -0.4 is 5.32 Å². The number of hydrogen-bond acceptors (Lipinski definition) is 4. The van der Waals surface area contributed by atoms with Crippen molar-refractivity contribution in [1.29, 1.82) is 0 Å². The van der Waals surface area contributed by atoms with Gasteiger partial charge in [-0.25, -0.2) is 9.37 Å². The maximum atomic E-state index is 12.9. The Bertz CT molecular complexity index is 696. The second kappa shape index (κ2) is 6.27. The number of hydrogen-bond donors (Lipinski definition) is 1. The highest BCUT2D eigenvalue weighted by molar-refractivity contribution is 7.09. The highest BCUT2D eigenvalue weighted by atomic mass is 32.1. The molecule has 0 saturated heterocycles. The Hall–Kier alpha value is -2.21. The van der Waals surface area contributed by atoms with Crippen molar-refractivity contribution in [1.82, 2.24) is 15.2 Å². The summed E-state index contributed by atoms with van der Waals surface area (Å²) in [6, 6.07) is 6.49. The summed E-state index contributed by atoms with van der Waals surface area (Å²) in [5, 5.41) is 5.86. The molecule has 0 saturated carbocycles. The first-order chi connectivity index (χ1) is 10.6. The third kappa shape index (κ3) is 3.33. The molecule has 1 aliphatic rings. The second-order valence-corrected chi connectivity index (χ2v) is 6.19. The van der Waals surface area contributed by atoms with Crippen LogP contribution in [-0.2, 0) is 11.2 Å². The van der Waals surface area contributed by atoms with Crippen molar-refractivity contribution >= 4 is 17.2 Å². The minimum atomic E-state index is -0.247. The van der Waals surface area contributed by atoms with Gasteiger partial charge in [0, 0.05) is 24.2 Å². The lowest BCUT2D eigenvalue weighted by molar-refractivity contribution is -0.119. The molecule has 1 aromatic carbocycles. The van der Waals surface area contributed by atoms with Crippen molar-refractivity contribution in [3.05, 3.63) is 64.0 Å². The van der Waals surface area contributed by atoms with Gasteiger partial charge in [0.1, 0.15) is 12.0 Å². The van der Waals surface area contributed by atoms with Crippen LogP contribution in [-0.4, -0.2) is 22.3 Å². The number of carbonyl (C=O) groups is 1. The molecule has 1 amide bonds. The minimum absolute atomic E-state index is 0.117. The number of rotatable bonds is 4. The zero-order valence-corrected chi connectivity index (χ0v) is 12.9. The predicted octanol–water partition coefficient (Wildman–Crippen LogP) is 2.78. The third-order valence-electron chi connectivity index (χ3n) is 3.52. The number of benzene rings is 1. The number of amides is 1. The number of aryl methyl sites for hydroxylation is 1. The average molecular weight is 317 g/mol. The van der Waals surface area contributed by atoms with Gasteiger partial charge in [0.2, 0.25) is 5.91 Å². The molecule has 2 aromatic rings. The molecule has 0 fully saturated rings. The summed E-state index contributed by atoms with van der Waals surface area (Å²) in [4.78, 5) is 18.1. The number of nitrogens with one attached hydrogen (secondary N) is 1. The number of nitrogens with zero attached hydrogens (tertiary/aromatic N) is 2. The molecule has 6 heteroatoms. The monoisotopic (exact) mass is 317 g/mol. The lowest BCUT2D eigenvalue weighted by Gasteiger charge is -2.32. The normalized spacial score (nSPS) is 17.6. The Labute approximate surface area is 132 Å². The van der Waals surface area contributed by atoms with E-state index in [2.05, 4.69) is 10.3 Å². The van der Waals surface area contributed by atoms with E-state index in [1.54, 1.807) is 29.7 Å². The van der Waals surface area contributed by atoms with Gasteiger partial charge in [-0.2, -0.15) is 0 Å².